The van der Waals surface area contributed by atoms with Crippen LogP contribution in [0.3, 0.4) is 0 Å². The van der Waals surface area contributed by atoms with Crippen LogP contribution in [-0.2, 0) is 4.79 Å². The van der Waals surface area contributed by atoms with E-state index in [-0.39, 0.29) is 11.7 Å². The molecule has 0 atom stereocenters. The fourth-order valence-corrected chi connectivity index (χ4v) is 3.42. The van der Waals surface area contributed by atoms with Crippen molar-refractivity contribution in [2.75, 3.05) is 40.9 Å². The number of amides is 1. The lowest BCUT2D eigenvalue weighted by molar-refractivity contribution is -0.111. The zero-order valence-corrected chi connectivity index (χ0v) is 20.2. The van der Waals surface area contributed by atoms with Gasteiger partial charge in [-0.25, -0.2) is 0 Å². The van der Waals surface area contributed by atoms with Gasteiger partial charge in [-0.1, -0.05) is 12.1 Å². The van der Waals surface area contributed by atoms with E-state index in [1.807, 2.05) is 18.2 Å². The average molecular weight is 478 g/mol. The normalized spacial score (nSPS) is 10.5. The lowest BCUT2D eigenvalue weighted by Gasteiger charge is -2.14. The van der Waals surface area contributed by atoms with Crippen LogP contribution >= 0.6 is 0 Å². The molecule has 0 saturated heterocycles. The van der Waals surface area contributed by atoms with Gasteiger partial charge in [-0.3, -0.25) is 9.59 Å². The molecule has 0 saturated carbocycles. The number of rotatable bonds is 10. The average Bonchev–Trinajstić information content (AvgIpc) is 2.90. The van der Waals surface area contributed by atoms with Crippen molar-refractivity contribution < 1.29 is 33.3 Å². The quantitative estimate of drug-likeness (QED) is 0.337. The van der Waals surface area contributed by atoms with Crippen LogP contribution < -0.4 is 29.0 Å². The van der Waals surface area contributed by atoms with Crippen LogP contribution in [-0.4, -0.2) is 47.2 Å². The third-order valence-electron chi connectivity index (χ3n) is 5.17. The number of nitrogens with one attached hydrogen (secondary N) is 1. The second-order valence-corrected chi connectivity index (χ2v) is 7.26. The molecule has 0 aromatic heterocycles. The van der Waals surface area contributed by atoms with Crippen LogP contribution in [0.2, 0.25) is 0 Å². The zero-order chi connectivity index (χ0) is 25.4. The fraction of sp³-hybridized carbons (Fsp3) is 0.185. The highest BCUT2D eigenvalue weighted by molar-refractivity contribution is 6.11. The maximum atomic E-state index is 13.3. The number of ether oxygens (including phenoxy) is 5. The standard InChI is InChI=1S/C27H27NO7/c1-31-20-8-6-7-17(13-20)9-12-25(29)28-21-14-18(10-11-22(21)32-2)26(30)19-15-23(33-3)27(35-5)24(16-19)34-4/h6-16H,1-5H3,(H,28,29)/b12-9+. The number of carbonyl (C=O) groups excluding carboxylic acids is 2. The van der Waals surface area contributed by atoms with Crippen LogP contribution in [0.5, 0.6) is 28.7 Å². The molecule has 1 amide bonds. The van der Waals surface area contributed by atoms with Gasteiger partial charge in [-0.15, -0.1) is 0 Å². The molecule has 0 aliphatic rings. The Morgan fingerprint density at radius 3 is 2.00 bits per heavy atom. The molecule has 0 spiro atoms. The van der Waals surface area contributed by atoms with E-state index < -0.39 is 0 Å². The van der Waals surface area contributed by atoms with E-state index in [0.29, 0.717) is 45.6 Å². The lowest BCUT2D eigenvalue weighted by atomic mass is 10.0. The molecule has 0 unspecified atom stereocenters. The van der Waals surface area contributed by atoms with E-state index in [1.54, 1.807) is 49.6 Å². The topological polar surface area (TPSA) is 92.3 Å². The summed E-state index contributed by atoms with van der Waals surface area (Å²) < 4.78 is 26.6. The van der Waals surface area contributed by atoms with Gasteiger partial charge < -0.3 is 29.0 Å². The van der Waals surface area contributed by atoms with Gasteiger partial charge in [0.15, 0.2) is 17.3 Å². The Balaban J connectivity index is 1.87. The highest BCUT2D eigenvalue weighted by Gasteiger charge is 2.19. The molecule has 0 aliphatic carbocycles. The summed E-state index contributed by atoms with van der Waals surface area (Å²) in [4.78, 5) is 25.8. The summed E-state index contributed by atoms with van der Waals surface area (Å²) in [6, 6.07) is 15.2. The summed E-state index contributed by atoms with van der Waals surface area (Å²) in [5.74, 6) is 1.52. The van der Waals surface area contributed by atoms with Crippen LogP contribution in [0.15, 0.2) is 60.7 Å². The number of hydrogen-bond donors (Lipinski definition) is 1. The first-order valence-corrected chi connectivity index (χ1v) is 10.6. The Morgan fingerprint density at radius 1 is 0.714 bits per heavy atom. The molecule has 3 aromatic rings. The van der Waals surface area contributed by atoms with E-state index in [1.165, 1.54) is 34.5 Å². The largest absolute Gasteiger partial charge is 0.497 e. The Kier molecular flexibility index (Phi) is 8.34. The minimum atomic E-state index is -0.386. The first kappa shape index (κ1) is 25.2. The van der Waals surface area contributed by atoms with Crippen LogP contribution in [0.25, 0.3) is 6.08 Å². The van der Waals surface area contributed by atoms with Gasteiger partial charge in [0.05, 0.1) is 41.2 Å². The molecule has 3 rings (SSSR count). The predicted octanol–water partition coefficient (Wildman–Crippen LogP) is 4.61. The molecule has 0 fully saturated rings. The lowest BCUT2D eigenvalue weighted by Crippen LogP contribution is -2.11. The number of carbonyl (C=O) groups is 2. The molecule has 3 aromatic carbocycles. The van der Waals surface area contributed by atoms with Crippen molar-refractivity contribution in [1.82, 2.24) is 0 Å². The molecule has 0 radical (unpaired) electrons. The van der Waals surface area contributed by atoms with Gasteiger partial charge in [0.2, 0.25) is 11.7 Å². The summed E-state index contributed by atoms with van der Waals surface area (Å²) in [6.07, 6.45) is 3.05. The van der Waals surface area contributed by atoms with Gasteiger partial charge in [-0.2, -0.15) is 0 Å². The fourth-order valence-electron chi connectivity index (χ4n) is 3.42. The third-order valence-corrected chi connectivity index (χ3v) is 5.17. The first-order valence-electron chi connectivity index (χ1n) is 10.6. The van der Waals surface area contributed by atoms with Crippen LogP contribution in [0.4, 0.5) is 5.69 Å². The number of ketones is 1. The first-order chi connectivity index (χ1) is 16.9. The molecule has 0 heterocycles. The molecular weight excluding hydrogens is 450 g/mol. The third kappa shape index (κ3) is 5.92. The van der Waals surface area contributed by atoms with Crippen molar-refractivity contribution in [3.8, 4) is 28.7 Å². The van der Waals surface area contributed by atoms with E-state index in [9.17, 15) is 9.59 Å². The smallest absolute Gasteiger partial charge is 0.248 e. The van der Waals surface area contributed by atoms with E-state index >= 15 is 0 Å². The number of hydrogen-bond acceptors (Lipinski definition) is 7. The van der Waals surface area contributed by atoms with E-state index in [0.717, 1.165) is 5.56 Å². The molecule has 35 heavy (non-hydrogen) atoms. The molecule has 8 nitrogen and oxygen atoms in total. The van der Waals surface area contributed by atoms with Crippen LogP contribution in [0, 0.1) is 0 Å². The molecule has 182 valence electrons. The van der Waals surface area contributed by atoms with Crippen molar-refractivity contribution in [2.24, 2.45) is 0 Å². The van der Waals surface area contributed by atoms with Crippen LogP contribution in [0.1, 0.15) is 21.5 Å². The van der Waals surface area contributed by atoms with Gasteiger partial charge >= 0.3 is 0 Å². The van der Waals surface area contributed by atoms with Gasteiger partial charge in [0.25, 0.3) is 0 Å². The van der Waals surface area contributed by atoms with Crippen molar-refractivity contribution in [3.05, 3.63) is 77.4 Å². The highest BCUT2D eigenvalue weighted by atomic mass is 16.5. The van der Waals surface area contributed by atoms with Crippen molar-refractivity contribution in [1.29, 1.82) is 0 Å². The summed E-state index contributed by atoms with van der Waals surface area (Å²) >= 11 is 0. The van der Waals surface area contributed by atoms with Gasteiger partial charge in [0.1, 0.15) is 11.5 Å². The zero-order valence-electron chi connectivity index (χ0n) is 20.2. The Labute approximate surface area is 204 Å². The predicted molar refractivity (Wildman–Crippen MR) is 133 cm³/mol. The summed E-state index contributed by atoms with van der Waals surface area (Å²) in [5, 5.41) is 2.77. The number of methoxy groups -OCH3 is 5. The molecular formula is C27H27NO7. The second-order valence-electron chi connectivity index (χ2n) is 7.26. The molecule has 0 bridgehead atoms. The summed E-state index contributed by atoms with van der Waals surface area (Å²) in [6.45, 7) is 0. The minimum absolute atomic E-state index is 0.297. The SMILES string of the molecule is COc1cccc(/C=C/C(=O)Nc2cc(C(=O)c3cc(OC)c(OC)c(OC)c3)ccc2OC)c1. The maximum absolute atomic E-state index is 13.3. The van der Waals surface area contributed by atoms with E-state index in [4.69, 9.17) is 23.7 Å². The minimum Gasteiger partial charge on any atom is -0.497 e. The summed E-state index contributed by atoms with van der Waals surface area (Å²) in [7, 11) is 7.51. The summed E-state index contributed by atoms with van der Waals surface area (Å²) in [5.41, 5.74) is 1.83. The second kappa shape index (κ2) is 11.6. The monoisotopic (exact) mass is 477 g/mol. The highest BCUT2D eigenvalue weighted by Crippen LogP contribution is 2.39. The number of anilines is 1. The van der Waals surface area contributed by atoms with E-state index in [2.05, 4.69) is 5.32 Å². The molecule has 1 N–H and O–H groups in total. The Hall–Kier alpha value is -4.46. The molecule has 0 aliphatic heterocycles. The van der Waals surface area contributed by atoms with Crippen molar-refractivity contribution in [2.45, 2.75) is 0 Å². The number of benzene rings is 3. The molecule has 8 heteroatoms. The Bertz CT molecular complexity index is 1230. The Morgan fingerprint density at radius 2 is 1.40 bits per heavy atom. The maximum Gasteiger partial charge on any atom is 0.248 e. The van der Waals surface area contributed by atoms with Gasteiger partial charge in [0, 0.05) is 17.2 Å². The van der Waals surface area contributed by atoms with Crippen molar-refractivity contribution in [3.63, 3.8) is 0 Å². The van der Waals surface area contributed by atoms with Crippen molar-refractivity contribution >= 4 is 23.5 Å². The van der Waals surface area contributed by atoms with Gasteiger partial charge in [-0.05, 0) is 54.1 Å².